The van der Waals surface area contributed by atoms with Crippen LogP contribution in [0.2, 0.25) is 10.0 Å². The Labute approximate surface area is 138 Å². The van der Waals surface area contributed by atoms with Crippen LogP contribution in [0.5, 0.6) is 0 Å². The lowest BCUT2D eigenvalue weighted by molar-refractivity contribution is 0.753. The van der Waals surface area contributed by atoms with Crippen LogP contribution in [-0.2, 0) is 13.0 Å². The Hall–Kier alpha value is -2.02. The third kappa shape index (κ3) is 2.68. The molecule has 0 aliphatic carbocycles. The number of aryl methyl sites for hydroxylation is 1. The Morgan fingerprint density at radius 3 is 2.45 bits per heavy atom. The summed E-state index contributed by atoms with van der Waals surface area (Å²) in [4.78, 5) is 4.63. The number of aromatic nitrogens is 2. The SMILES string of the molecule is CCc1nc2cc(Cl)c(Cl)cc2n1Cc1ccc(C#N)cc1. The summed E-state index contributed by atoms with van der Waals surface area (Å²) < 4.78 is 2.14. The number of hydrogen-bond acceptors (Lipinski definition) is 2. The van der Waals surface area contributed by atoms with E-state index in [4.69, 9.17) is 28.5 Å². The second-order valence-corrected chi connectivity index (χ2v) is 5.85. The van der Waals surface area contributed by atoms with Crippen molar-refractivity contribution >= 4 is 34.2 Å². The van der Waals surface area contributed by atoms with Crippen LogP contribution in [-0.4, -0.2) is 9.55 Å². The molecule has 0 bridgehead atoms. The van der Waals surface area contributed by atoms with Crippen LogP contribution in [0.4, 0.5) is 0 Å². The van der Waals surface area contributed by atoms with Gasteiger partial charge in [-0.3, -0.25) is 0 Å². The van der Waals surface area contributed by atoms with E-state index in [1.165, 1.54) is 0 Å². The first kappa shape index (κ1) is 14.9. The molecule has 0 aliphatic heterocycles. The number of imidazole rings is 1. The molecule has 0 spiro atoms. The molecule has 0 saturated carbocycles. The topological polar surface area (TPSA) is 41.6 Å². The van der Waals surface area contributed by atoms with Crippen molar-refractivity contribution in [2.24, 2.45) is 0 Å². The number of rotatable bonds is 3. The van der Waals surface area contributed by atoms with Crippen molar-refractivity contribution in [3.8, 4) is 6.07 Å². The molecule has 3 rings (SSSR count). The number of halogens is 2. The largest absolute Gasteiger partial charge is 0.323 e. The molecule has 2 aromatic carbocycles. The molecule has 1 heterocycles. The Morgan fingerprint density at radius 1 is 1.14 bits per heavy atom. The minimum Gasteiger partial charge on any atom is -0.323 e. The molecular formula is C17H13Cl2N3. The second-order valence-electron chi connectivity index (χ2n) is 5.03. The highest BCUT2D eigenvalue weighted by atomic mass is 35.5. The molecule has 110 valence electrons. The molecule has 3 nitrogen and oxygen atoms in total. The summed E-state index contributed by atoms with van der Waals surface area (Å²) >= 11 is 12.2. The number of nitriles is 1. The lowest BCUT2D eigenvalue weighted by Crippen LogP contribution is -2.04. The zero-order valence-electron chi connectivity index (χ0n) is 12.0. The molecular weight excluding hydrogens is 317 g/mol. The van der Waals surface area contributed by atoms with Crippen molar-refractivity contribution in [1.29, 1.82) is 5.26 Å². The first-order chi connectivity index (χ1) is 10.6. The van der Waals surface area contributed by atoms with Gasteiger partial charge in [-0.05, 0) is 29.8 Å². The van der Waals surface area contributed by atoms with Crippen molar-refractivity contribution in [2.45, 2.75) is 19.9 Å². The van der Waals surface area contributed by atoms with Crippen molar-refractivity contribution in [1.82, 2.24) is 9.55 Å². The standard InChI is InChI=1S/C17H13Cl2N3/c1-2-17-21-15-7-13(18)14(19)8-16(15)22(17)10-12-5-3-11(9-20)4-6-12/h3-8H,2,10H2,1H3. The zero-order valence-corrected chi connectivity index (χ0v) is 13.5. The minimum absolute atomic E-state index is 0.514. The predicted octanol–water partition coefficient (Wildman–Crippen LogP) is 4.83. The normalized spacial score (nSPS) is 10.8. The second kappa shape index (κ2) is 6.00. The van der Waals surface area contributed by atoms with E-state index in [2.05, 4.69) is 22.5 Å². The minimum atomic E-state index is 0.514. The van der Waals surface area contributed by atoms with Gasteiger partial charge in [-0.15, -0.1) is 0 Å². The number of fused-ring (bicyclic) bond motifs is 1. The Morgan fingerprint density at radius 2 is 1.82 bits per heavy atom. The van der Waals surface area contributed by atoms with Crippen LogP contribution in [0.1, 0.15) is 23.9 Å². The van der Waals surface area contributed by atoms with Gasteiger partial charge in [0.15, 0.2) is 0 Å². The van der Waals surface area contributed by atoms with Crippen molar-refractivity contribution in [3.05, 3.63) is 63.4 Å². The molecule has 0 amide bonds. The molecule has 3 aromatic rings. The van der Waals surface area contributed by atoms with Gasteiger partial charge in [0.2, 0.25) is 0 Å². The first-order valence-electron chi connectivity index (χ1n) is 6.95. The van der Waals surface area contributed by atoms with E-state index in [0.717, 1.165) is 28.8 Å². The number of hydrogen-bond donors (Lipinski definition) is 0. The van der Waals surface area contributed by atoms with Crippen LogP contribution < -0.4 is 0 Å². The van der Waals surface area contributed by atoms with Crippen LogP contribution in [0.15, 0.2) is 36.4 Å². The molecule has 0 N–H and O–H groups in total. The van der Waals surface area contributed by atoms with E-state index in [1.54, 1.807) is 6.07 Å². The number of benzene rings is 2. The summed E-state index contributed by atoms with van der Waals surface area (Å²) in [5.41, 5.74) is 3.58. The highest BCUT2D eigenvalue weighted by molar-refractivity contribution is 6.42. The van der Waals surface area contributed by atoms with Gasteiger partial charge in [-0.2, -0.15) is 5.26 Å². The van der Waals surface area contributed by atoms with Gasteiger partial charge in [0.25, 0.3) is 0 Å². The van der Waals surface area contributed by atoms with Crippen LogP contribution in [0.3, 0.4) is 0 Å². The van der Waals surface area contributed by atoms with Gasteiger partial charge in [0.05, 0.1) is 32.7 Å². The van der Waals surface area contributed by atoms with Gasteiger partial charge in [0.1, 0.15) is 5.82 Å². The summed E-state index contributed by atoms with van der Waals surface area (Å²) in [6.45, 7) is 2.75. The average molecular weight is 330 g/mol. The Balaban J connectivity index is 2.08. The Kier molecular flexibility index (Phi) is 4.06. The summed E-state index contributed by atoms with van der Waals surface area (Å²) in [7, 11) is 0. The summed E-state index contributed by atoms with van der Waals surface area (Å²) in [6.07, 6.45) is 0.820. The Bertz CT molecular complexity index is 874. The highest BCUT2D eigenvalue weighted by Crippen LogP contribution is 2.29. The van der Waals surface area contributed by atoms with Crippen molar-refractivity contribution in [3.63, 3.8) is 0 Å². The number of nitrogens with zero attached hydrogens (tertiary/aromatic N) is 3. The third-order valence-electron chi connectivity index (χ3n) is 3.61. The first-order valence-corrected chi connectivity index (χ1v) is 7.71. The van der Waals surface area contributed by atoms with Crippen LogP contribution in [0.25, 0.3) is 11.0 Å². The van der Waals surface area contributed by atoms with E-state index >= 15 is 0 Å². The van der Waals surface area contributed by atoms with Crippen molar-refractivity contribution < 1.29 is 0 Å². The quantitative estimate of drug-likeness (QED) is 0.690. The van der Waals surface area contributed by atoms with Gasteiger partial charge < -0.3 is 4.57 Å². The highest BCUT2D eigenvalue weighted by Gasteiger charge is 2.12. The molecule has 0 atom stereocenters. The zero-order chi connectivity index (χ0) is 15.7. The van der Waals surface area contributed by atoms with E-state index in [0.29, 0.717) is 22.2 Å². The van der Waals surface area contributed by atoms with Gasteiger partial charge in [-0.1, -0.05) is 42.3 Å². The van der Waals surface area contributed by atoms with E-state index in [1.807, 2.05) is 30.3 Å². The molecule has 0 fully saturated rings. The molecule has 5 heteroatoms. The van der Waals surface area contributed by atoms with E-state index in [9.17, 15) is 0 Å². The maximum absolute atomic E-state index is 8.87. The smallest absolute Gasteiger partial charge is 0.109 e. The monoisotopic (exact) mass is 329 g/mol. The maximum atomic E-state index is 8.87. The fourth-order valence-electron chi connectivity index (χ4n) is 2.48. The lowest BCUT2D eigenvalue weighted by atomic mass is 10.1. The van der Waals surface area contributed by atoms with E-state index in [-0.39, 0.29) is 0 Å². The fraction of sp³-hybridized carbons (Fsp3) is 0.176. The molecule has 0 aliphatic rings. The molecule has 0 saturated heterocycles. The van der Waals surface area contributed by atoms with Gasteiger partial charge in [-0.25, -0.2) is 4.98 Å². The van der Waals surface area contributed by atoms with Crippen LogP contribution >= 0.6 is 23.2 Å². The van der Waals surface area contributed by atoms with E-state index < -0.39 is 0 Å². The fourth-order valence-corrected chi connectivity index (χ4v) is 2.80. The van der Waals surface area contributed by atoms with Gasteiger partial charge >= 0.3 is 0 Å². The summed E-state index contributed by atoms with van der Waals surface area (Å²) in [6, 6.07) is 13.3. The molecule has 1 aromatic heterocycles. The third-order valence-corrected chi connectivity index (χ3v) is 4.33. The molecule has 0 unspecified atom stereocenters. The molecule has 0 radical (unpaired) electrons. The van der Waals surface area contributed by atoms with Crippen molar-refractivity contribution in [2.75, 3.05) is 0 Å². The predicted molar refractivity (Wildman–Crippen MR) is 89.4 cm³/mol. The lowest BCUT2D eigenvalue weighted by Gasteiger charge is -2.09. The van der Waals surface area contributed by atoms with Crippen LogP contribution in [0, 0.1) is 11.3 Å². The summed E-state index contributed by atoms with van der Waals surface area (Å²) in [5.74, 6) is 0.984. The molecule has 22 heavy (non-hydrogen) atoms. The average Bonchev–Trinajstić information content (AvgIpc) is 2.86. The van der Waals surface area contributed by atoms with Gasteiger partial charge in [0, 0.05) is 13.0 Å². The maximum Gasteiger partial charge on any atom is 0.109 e. The summed E-state index contributed by atoms with van der Waals surface area (Å²) in [5, 5.41) is 9.91.